The Morgan fingerprint density at radius 1 is 1.29 bits per heavy atom. The van der Waals surface area contributed by atoms with E-state index >= 15 is 0 Å². The van der Waals surface area contributed by atoms with Crippen molar-refractivity contribution in [2.24, 2.45) is 0 Å². The highest BCUT2D eigenvalue weighted by Gasteiger charge is 2.16. The van der Waals surface area contributed by atoms with E-state index < -0.39 is 0 Å². The monoisotopic (exact) mass is 300 g/mol. The van der Waals surface area contributed by atoms with Gasteiger partial charge in [0, 0.05) is 37.3 Å². The Hall–Kier alpha value is -1.35. The molecule has 0 unspecified atom stereocenters. The molecule has 0 N–H and O–H groups in total. The molecule has 3 heteroatoms. The van der Waals surface area contributed by atoms with E-state index in [1.807, 2.05) is 24.3 Å². The number of ether oxygens (including phenoxy) is 1. The SMILES string of the molecule is COCCN1CCc2cc(-c3ccccc3Cl)[c]cc2C1. The molecule has 0 fully saturated rings. The Labute approximate surface area is 131 Å². The average molecular weight is 301 g/mol. The van der Waals surface area contributed by atoms with Crippen molar-refractivity contribution in [3.8, 4) is 11.1 Å². The maximum atomic E-state index is 6.28. The number of nitrogens with zero attached hydrogens (tertiary/aromatic N) is 1. The third-order valence-electron chi connectivity index (χ3n) is 4.00. The molecule has 0 aromatic heterocycles. The van der Waals surface area contributed by atoms with E-state index in [0.717, 1.165) is 48.8 Å². The zero-order valence-electron chi connectivity index (χ0n) is 12.2. The first-order valence-corrected chi connectivity index (χ1v) is 7.65. The highest BCUT2D eigenvalue weighted by Crippen LogP contribution is 2.30. The van der Waals surface area contributed by atoms with Gasteiger partial charge in [-0.2, -0.15) is 0 Å². The van der Waals surface area contributed by atoms with Gasteiger partial charge >= 0.3 is 0 Å². The van der Waals surface area contributed by atoms with E-state index in [1.54, 1.807) is 7.11 Å². The fraction of sp³-hybridized carbons (Fsp3) is 0.333. The van der Waals surface area contributed by atoms with Crippen molar-refractivity contribution >= 4 is 11.6 Å². The summed E-state index contributed by atoms with van der Waals surface area (Å²) in [5.74, 6) is 0. The highest BCUT2D eigenvalue weighted by atomic mass is 35.5. The van der Waals surface area contributed by atoms with Crippen molar-refractivity contribution < 1.29 is 4.74 Å². The van der Waals surface area contributed by atoms with Crippen molar-refractivity contribution in [3.63, 3.8) is 0 Å². The molecule has 1 aliphatic heterocycles. The van der Waals surface area contributed by atoms with E-state index in [4.69, 9.17) is 16.3 Å². The van der Waals surface area contributed by atoms with Gasteiger partial charge in [0.05, 0.1) is 6.61 Å². The molecule has 0 saturated carbocycles. The number of rotatable bonds is 4. The minimum absolute atomic E-state index is 0.784. The second-order valence-corrected chi connectivity index (χ2v) is 5.80. The summed E-state index contributed by atoms with van der Waals surface area (Å²) in [6.45, 7) is 3.85. The van der Waals surface area contributed by atoms with Gasteiger partial charge in [0.15, 0.2) is 0 Å². The molecule has 0 saturated heterocycles. The minimum atomic E-state index is 0.784. The van der Waals surface area contributed by atoms with Crippen molar-refractivity contribution in [1.29, 1.82) is 0 Å². The lowest BCUT2D eigenvalue weighted by molar-refractivity contribution is 0.141. The van der Waals surface area contributed by atoms with Crippen LogP contribution in [-0.4, -0.2) is 31.7 Å². The summed E-state index contributed by atoms with van der Waals surface area (Å²) in [7, 11) is 1.75. The number of benzene rings is 2. The van der Waals surface area contributed by atoms with Gasteiger partial charge in [-0.05, 0) is 41.3 Å². The minimum Gasteiger partial charge on any atom is -0.383 e. The predicted molar refractivity (Wildman–Crippen MR) is 86.6 cm³/mol. The first kappa shape index (κ1) is 14.6. The molecule has 1 radical (unpaired) electrons. The normalized spacial score (nSPS) is 15.0. The molecule has 3 rings (SSSR count). The van der Waals surface area contributed by atoms with Gasteiger partial charge in [0.25, 0.3) is 0 Å². The molecule has 109 valence electrons. The van der Waals surface area contributed by atoms with Gasteiger partial charge in [-0.25, -0.2) is 0 Å². The lowest BCUT2D eigenvalue weighted by Gasteiger charge is -2.28. The van der Waals surface area contributed by atoms with Crippen molar-refractivity contribution in [2.75, 3.05) is 26.8 Å². The number of fused-ring (bicyclic) bond motifs is 1. The largest absolute Gasteiger partial charge is 0.383 e. The summed E-state index contributed by atoms with van der Waals surface area (Å²) in [6, 6.07) is 15.7. The van der Waals surface area contributed by atoms with Crippen LogP contribution in [0.4, 0.5) is 0 Å². The molecule has 0 aliphatic carbocycles. The van der Waals surface area contributed by atoms with Gasteiger partial charge < -0.3 is 4.74 Å². The lowest BCUT2D eigenvalue weighted by Crippen LogP contribution is -2.33. The Kier molecular flexibility index (Phi) is 4.59. The maximum Gasteiger partial charge on any atom is 0.0589 e. The second kappa shape index (κ2) is 6.61. The van der Waals surface area contributed by atoms with Crippen LogP contribution in [0, 0.1) is 6.07 Å². The molecule has 0 spiro atoms. The van der Waals surface area contributed by atoms with Crippen molar-refractivity contribution in [2.45, 2.75) is 13.0 Å². The predicted octanol–water partition coefficient (Wildman–Crippen LogP) is 3.81. The smallest absolute Gasteiger partial charge is 0.0589 e. The van der Waals surface area contributed by atoms with Gasteiger partial charge in [-0.15, -0.1) is 0 Å². The van der Waals surface area contributed by atoms with Crippen LogP contribution >= 0.6 is 11.6 Å². The Bertz CT molecular complexity index is 626. The molecular formula is C18H19ClNO. The lowest BCUT2D eigenvalue weighted by atomic mass is 9.94. The number of hydrogen-bond donors (Lipinski definition) is 0. The van der Waals surface area contributed by atoms with Crippen LogP contribution in [0.25, 0.3) is 11.1 Å². The fourth-order valence-corrected chi connectivity index (χ4v) is 3.03. The molecule has 21 heavy (non-hydrogen) atoms. The third-order valence-corrected chi connectivity index (χ3v) is 4.33. The van der Waals surface area contributed by atoms with Crippen molar-refractivity contribution in [3.05, 3.63) is 58.6 Å². The Balaban J connectivity index is 1.82. The Morgan fingerprint density at radius 2 is 2.14 bits per heavy atom. The molecule has 2 aromatic rings. The van der Waals surface area contributed by atoms with Crippen LogP contribution in [0.3, 0.4) is 0 Å². The first-order valence-electron chi connectivity index (χ1n) is 7.27. The molecular weight excluding hydrogens is 282 g/mol. The van der Waals surface area contributed by atoms with Gasteiger partial charge in [0.1, 0.15) is 0 Å². The summed E-state index contributed by atoms with van der Waals surface area (Å²) in [5, 5.41) is 0.784. The molecule has 1 heterocycles. The zero-order valence-corrected chi connectivity index (χ0v) is 13.0. The van der Waals surface area contributed by atoms with Gasteiger partial charge in [-0.3, -0.25) is 4.90 Å². The Morgan fingerprint density at radius 3 is 2.95 bits per heavy atom. The number of halogens is 1. The molecule has 1 aliphatic rings. The molecule has 0 bridgehead atoms. The summed E-state index contributed by atoms with van der Waals surface area (Å²) in [5.41, 5.74) is 4.93. The van der Waals surface area contributed by atoms with Crippen molar-refractivity contribution in [1.82, 2.24) is 4.90 Å². The maximum absolute atomic E-state index is 6.28. The average Bonchev–Trinajstić information content (AvgIpc) is 2.53. The number of methoxy groups -OCH3 is 1. The molecule has 2 nitrogen and oxygen atoms in total. The van der Waals surface area contributed by atoms with E-state index in [9.17, 15) is 0 Å². The second-order valence-electron chi connectivity index (χ2n) is 5.40. The summed E-state index contributed by atoms with van der Waals surface area (Å²) >= 11 is 6.28. The van der Waals surface area contributed by atoms with E-state index in [-0.39, 0.29) is 0 Å². The van der Waals surface area contributed by atoms with E-state index in [0.29, 0.717) is 0 Å². The summed E-state index contributed by atoms with van der Waals surface area (Å²) < 4.78 is 5.16. The third kappa shape index (κ3) is 3.29. The fourth-order valence-electron chi connectivity index (χ4n) is 2.79. The molecule has 2 aromatic carbocycles. The standard InChI is InChI=1S/C18H19ClNO/c1-21-11-10-20-9-8-14-12-15(6-7-16(14)13-20)17-4-2-3-5-18(17)19/h2-5,7,12H,8-11,13H2,1H3. The van der Waals surface area contributed by atoms with Crippen LogP contribution in [0.1, 0.15) is 11.1 Å². The van der Waals surface area contributed by atoms with Gasteiger partial charge in [-0.1, -0.05) is 35.9 Å². The first-order chi connectivity index (χ1) is 10.3. The van der Waals surface area contributed by atoms with E-state index in [1.165, 1.54) is 11.1 Å². The summed E-state index contributed by atoms with van der Waals surface area (Å²) in [6.07, 6.45) is 1.07. The summed E-state index contributed by atoms with van der Waals surface area (Å²) in [4.78, 5) is 2.43. The number of hydrogen-bond acceptors (Lipinski definition) is 2. The van der Waals surface area contributed by atoms with Gasteiger partial charge in [0.2, 0.25) is 0 Å². The van der Waals surface area contributed by atoms with Crippen LogP contribution < -0.4 is 0 Å². The van der Waals surface area contributed by atoms with Crippen LogP contribution in [0.15, 0.2) is 36.4 Å². The van der Waals surface area contributed by atoms with Crippen LogP contribution in [-0.2, 0) is 17.7 Å². The topological polar surface area (TPSA) is 12.5 Å². The van der Waals surface area contributed by atoms with Crippen LogP contribution in [0.2, 0.25) is 5.02 Å². The highest BCUT2D eigenvalue weighted by molar-refractivity contribution is 6.33. The quantitative estimate of drug-likeness (QED) is 0.851. The van der Waals surface area contributed by atoms with Crippen LogP contribution in [0.5, 0.6) is 0 Å². The molecule has 0 atom stereocenters. The van der Waals surface area contributed by atoms with E-state index in [2.05, 4.69) is 23.1 Å². The molecule has 0 amide bonds. The zero-order chi connectivity index (χ0) is 14.7.